The number of nitrogens with zero attached hydrogens (tertiary/aromatic N) is 1. The van der Waals surface area contributed by atoms with Crippen molar-refractivity contribution in [1.29, 1.82) is 0 Å². The largest absolute Gasteiger partial charge is 0.373 e. The predicted octanol–water partition coefficient (Wildman–Crippen LogP) is 1.16. The number of hydrogen-bond acceptors (Lipinski definition) is 4. The van der Waals surface area contributed by atoms with Crippen LogP contribution in [0.25, 0.3) is 0 Å². The van der Waals surface area contributed by atoms with E-state index in [1.807, 2.05) is 24.3 Å². The molecule has 0 bridgehead atoms. The van der Waals surface area contributed by atoms with Crippen molar-refractivity contribution in [2.75, 3.05) is 32.0 Å². The van der Waals surface area contributed by atoms with E-state index in [1.54, 1.807) is 0 Å². The van der Waals surface area contributed by atoms with Gasteiger partial charge >= 0.3 is 6.03 Å². The monoisotopic (exact) mass is 334 g/mol. The number of benzene rings is 1. The molecule has 2 unspecified atom stereocenters. The topological polar surface area (TPSA) is 82.7 Å². The van der Waals surface area contributed by atoms with Crippen LogP contribution in [-0.2, 0) is 16.1 Å². The first kappa shape index (κ1) is 18.2. The lowest BCUT2D eigenvalue weighted by Crippen LogP contribution is -2.45. The highest BCUT2D eigenvalue weighted by Gasteiger charge is 2.22. The van der Waals surface area contributed by atoms with Gasteiger partial charge in [-0.15, -0.1) is 0 Å². The van der Waals surface area contributed by atoms with Crippen LogP contribution in [0.5, 0.6) is 0 Å². The second-order valence-corrected chi connectivity index (χ2v) is 6.09. The fourth-order valence-corrected chi connectivity index (χ4v) is 2.85. The highest BCUT2D eigenvalue weighted by atomic mass is 16.5. The maximum absolute atomic E-state index is 11.9. The molecule has 7 nitrogen and oxygen atoms in total. The summed E-state index contributed by atoms with van der Waals surface area (Å²) in [6.07, 6.45) is 0.398. The van der Waals surface area contributed by atoms with Gasteiger partial charge in [-0.2, -0.15) is 0 Å². The van der Waals surface area contributed by atoms with Gasteiger partial charge in [-0.25, -0.2) is 4.79 Å². The molecule has 0 saturated carbocycles. The molecule has 2 atom stereocenters. The van der Waals surface area contributed by atoms with E-state index < -0.39 is 6.03 Å². The molecular formula is C17H26N4O3. The molecule has 1 aromatic carbocycles. The van der Waals surface area contributed by atoms with Crippen molar-refractivity contribution in [3.63, 3.8) is 0 Å². The Hall–Kier alpha value is -2.12. The van der Waals surface area contributed by atoms with E-state index in [4.69, 9.17) is 4.74 Å². The SMILES string of the molecule is CNC(=O)CNC(=O)Nc1ccccc1CN1CC(C)OC(C)C1. The Bertz CT molecular complexity index is 569. The second-order valence-electron chi connectivity index (χ2n) is 6.09. The van der Waals surface area contributed by atoms with Crippen LogP contribution in [0.1, 0.15) is 19.4 Å². The summed E-state index contributed by atoms with van der Waals surface area (Å²) < 4.78 is 5.75. The molecule has 0 aliphatic carbocycles. The summed E-state index contributed by atoms with van der Waals surface area (Å²) in [6, 6.07) is 7.30. The van der Waals surface area contributed by atoms with Crippen LogP contribution in [-0.4, -0.2) is 55.7 Å². The van der Waals surface area contributed by atoms with Crippen LogP contribution < -0.4 is 16.0 Å². The summed E-state index contributed by atoms with van der Waals surface area (Å²) in [6.45, 7) is 6.55. The molecular weight excluding hydrogens is 308 g/mol. The minimum absolute atomic E-state index is 0.0526. The number of carbonyl (C=O) groups excluding carboxylic acids is 2. The molecule has 1 heterocycles. The van der Waals surface area contributed by atoms with Gasteiger partial charge in [-0.3, -0.25) is 9.69 Å². The Morgan fingerprint density at radius 3 is 2.54 bits per heavy atom. The summed E-state index contributed by atoms with van der Waals surface area (Å²) in [5.41, 5.74) is 1.78. The quantitative estimate of drug-likeness (QED) is 0.755. The van der Waals surface area contributed by atoms with E-state index >= 15 is 0 Å². The summed E-state index contributed by atoms with van der Waals surface area (Å²) in [5, 5.41) is 7.80. The zero-order valence-electron chi connectivity index (χ0n) is 14.5. The maximum atomic E-state index is 11.9. The lowest BCUT2D eigenvalue weighted by molar-refractivity contribution is -0.119. The summed E-state index contributed by atoms with van der Waals surface area (Å²) in [4.78, 5) is 25.5. The molecule has 1 aromatic rings. The van der Waals surface area contributed by atoms with Gasteiger partial charge in [0.05, 0.1) is 18.8 Å². The van der Waals surface area contributed by atoms with Crippen LogP contribution in [0.2, 0.25) is 0 Å². The van der Waals surface area contributed by atoms with E-state index in [1.165, 1.54) is 7.05 Å². The molecule has 1 fully saturated rings. The van der Waals surface area contributed by atoms with Gasteiger partial charge in [0, 0.05) is 32.4 Å². The third kappa shape index (κ3) is 5.50. The van der Waals surface area contributed by atoms with Crippen molar-refractivity contribution >= 4 is 17.6 Å². The summed E-state index contributed by atoms with van der Waals surface area (Å²) >= 11 is 0. The van der Waals surface area contributed by atoms with Crippen molar-refractivity contribution in [2.45, 2.75) is 32.6 Å². The van der Waals surface area contributed by atoms with Crippen LogP contribution in [0.3, 0.4) is 0 Å². The van der Waals surface area contributed by atoms with Crippen LogP contribution in [0.15, 0.2) is 24.3 Å². The van der Waals surface area contributed by atoms with Crippen molar-refractivity contribution in [3.8, 4) is 0 Å². The fraction of sp³-hybridized carbons (Fsp3) is 0.529. The molecule has 2 rings (SSSR count). The number of likely N-dealkylation sites (N-methyl/N-ethyl adjacent to an activating group) is 1. The van der Waals surface area contributed by atoms with Gasteiger partial charge < -0.3 is 20.7 Å². The van der Waals surface area contributed by atoms with Gasteiger partial charge in [0.25, 0.3) is 0 Å². The molecule has 0 aromatic heterocycles. The van der Waals surface area contributed by atoms with Crippen molar-refractivity contribution in [3.05, 3.63) is 29.8 Å². The Labute approximate surface area is 142 Å². The minimum Gasteiger partial charge on any atom is -0.373 e. The molecule has 3 amide bonds. The first-order valence-corrected chi connectivity index (χ1v) is 8.19. The molecule has 1 aliphatic heterocycles. The van der Waals surface area contributed by atoms with Crippen molar-refractivity contribution < 1.29 is 14.3 Å². The maximum Gasteiger partial charge on any atom is 0.319 e. The van der Waals surface area contributed by atoms with Crippen LogP contribution in [0, 0.1) is 0 Å². The van der Waals surface area contributed by atoms with E-state index in [9.17, 15) is 9.59 Å². The van der Waals surface area contributed by atoms with E-state index in [0.717, 1.165) is 30.9 Å². The van der Waals surface area contributed by atoms with Gasteiger partial charge in [-0.1, -0.05) is 18.2 Å². The summed E-state index contributed by atoms with van der Waals surface area (Å²) in [5.74, 6) is -0.241. The number of ether oxygens (including phenoxy) is 1. The molecule has 0 spiro atoms. The first-order chi connectivity index (χ1) is 11.5. The fourth-order valence-electron chi connectivity index (χ4n) is 2.85. The Kier molecular flexibility index (Phi) is 6.57. The van der Waals surface area contributed by atoms with Gasteiger partial charge in [0.1, 0.15) is 0 Å². The third-order valence-electron chi connectivity index (χ3n) is 3.84. The molecule has 1 aliphatic rings. The standard InChI is InChI=1S/C17H26N4O3/c1-12-9-21(10-13(2)24-12)11-14-6-4-5-7-15(14)20-17(23)19-8-16(22)18-3/h4-7,12-13H,8-11H2,1-3H3,(H,18,22)(H2,19,20,23). The van der Waals surface area contributed by atoms with Crippen molar-refractivity contribution in [1.82, 2.24) is 15.5 Å². The molecule has 1 saturated heterocycles. The second kappa shape index (κ2) is 8.65. The molecule has 3 N–H and O–H groups in total. The lowest BCUT2D eigenvalue weighted by Gasteiger charge is -2.35. The summed E-state index contributed by atoms with van der Waals surface area (Å²) in [7, 11) is 1.53. The molecule has 0 radical (unpaired) electrons. The van der Waals surface area contributed by atoms with E-state index in [0.29, 0.717) is 0 Å². The number of carbonyl (C=O) groups is 2. The van der Waals surface area contributed by atoms with Crippen LogP contribution in [0.4, 0.5) is 10.5 Å². The Balaban J connectivity index is 1.96. The normalized spacial score (nSPS) is 21.1. The highest BCUT2D eigenvalue weighted by molar-refractivity contribution is 5.92. The number of amides is 3. The highest BCUT2D eigenvalue weighted by Crippen LogP contribution is 2.20. The number of morpholine rings is 1. The number of rotatable bonds is 5. The van der Waals surface area contributed by atoms with E-state index in [-0.39, 0.29) is 24.7 Å². The Morgan fingerprint density at radius 1 is 1.21 bits per heavy atom. The number of urea groups is 1. The predicted molar refractivity (Wildman–Crippen MR) is 92.8 cm³/mol. The minimum atomic E-state index is -0.394. The van der Waals surface area contributed by atoms with Gasteiger partial charge in [-0.05, 0) is 25.5 Å². The number of anilines is 1. The first-order valence-electron chi connectivity index (χ1n) is 8.19. The average molecular weight is 334 g/mol. The lowest BCUT2D eigenvalue weighted by atomic mass is 10.1. The zero-order chi connectivity index (χ0) is 17.5. The number of nitrogens with one attached hydrogen (secondary N) is 3. The van der Waals surface area contributed by atoms with Gasteiger partial charge in [0.15, 0.2) is 0 Å². The molecule has 24 heavy (non-hydrogen) atoms. The van der Waals surface area contributed by atoms with Crippen LogP contribution >= 0.6 is 0 Å². The third-order valence-corrected chi connectivity index (χ3v) is 3.84. The number of hydrogen-bond donors (Lipinski definition) is 3. The zero-order valence-corrected chi connectivity index (χ0v) is 14.5. The number of para-hydroxylation sites is 1. The molecule has 132 valence electrons. The average Bonchev–Trinajstić information content (AvgIpc) is 2.53. The molecule has 7 heteroatoms. The van der Waals surface area contributed by atoms with Gasteiger partial charge in [0.2, 0.25) is 5.91 Å². The Morgan fingerprint density at radius 2 is 1.88 bits per heavy atom. The van der Waals surface area contributed by atoms with Crippen molar-refractivity contribution in [2.24, 2.45) is 0 Å². The smallest absolute Gasteiger partial charge is 0.319 e. The van der Waals surface area contributed by atoms with E-state index in [2.05, 4.69) is 34.7 Å².